The molecule has 1 aliphatic heterocycles. The van der Waals surface area contributed by atoms with E-state index in [9.17, 15) is 4.79 Å². The number of anilines is 1. The minimum Gasteiger partial charge on any atom is -0.311 e. The molecule has 1 aromatic rings. The average Bonchev–Trinajstić information content (AvgIpc) is 2.31. The van der Waals surface area contributed by atoms with Crippen molar-refractivity contribution in [2.24, 2.45) is 0 Å². The molecule has 0 bridgehead atoms. The number of aromatic nitrogens is 2. The summed E-state index contributed by atoms with van der Waals surface area (Å²) in [6.45, 7) is 0.834. The van der Waals surface area contributed by atoms with Crippen molar-refractivity contribution in [3.8, 4) is 0 Å². The van der Waals surface area contributed by atoms with E-state index in [0.29, 0.717) is 6.42 Å². The number of aryl methyl sites for hydroxylation is 1. The van der Waals surface area contributed by atoms with Gasteiger partial charge < -0.3 is 5.32 Å². The fourth-order valence-corrected chi connectivity index (χ4v) is 1.21. The van der Waals surface area contributed by atoms with E-state index < -0.39 is 0 Å². The van der Waals surface area contributed by atoms with Crippen molar-refractivity contribution in [3.63, 3.8) is 0 Å². The fourth-order valence-electron chi connectivity index (χ4n) is 1.21. The van der Waals surface area contributed by atoms with E-state index in [4.69, 9.17) is 0 Å². The van der Waals surface area contributed by atoms with Gasteiger partial charge in [0.1, 0.15) is 5.82 Å². The fraction of sp³-hybridized carbons (Fsp3) is 0.429. The molecular formula is C7H9N3O. The molecule has 0 spiro atoms. The van der Waals surface area contributed by atoms with Gasteiger partial charge in [-0.25, -0.2) is 4.68 Å². The SMILES string of the molecule is O=C1CCCn2nccc2N1. The van der Waals surface area contributed by atoms with Crippen LogP contribution in [0.4, 0.5) is 5.82 Å². The van der Waals surface area contributed by atoms with Gasteiger partial charge in [-0.2, -0.15) is 5.10 Å². The van der Waals surface area contributed by atoms with Crippen LogP contribution in [0.3, 0.4) is 0 Å². The molecule has 2 heterocycles. The Labute approximate surface area is 64.2 Å². The summed E-state index contributed by atoms with van der Waals surface area (Å²) in [6.07, 6.45) is 3.17. The minimum atomic E-state index is 0.0873. The van der Waals surface area contributed by atoms with Crippen molar-refractivity contribution in [1.29, 1.82) is 0 Å². The number of fused-ring (bicyclic) bond motifs is 1. The van der Waals surface area contributed by atoms with Crippen molar-refractivity contribution >= 4 is 11.7 Å². The zero-order valence-corrected chi connectivity index (χ0v) is 6.08. The van der Waals surface area contributed by atoms with Gasteiger partial charge in [-0.3, -0.25) is 4.79 Å². The smallest absolute Gasteiger partial charge is 0.225 e. The van der Waals surface area contributed by atoms with Gasteiger partial charge >= 0.3 is 0 Å². The van der Waals surface area contributed by atoms with Crippen LogP contribution in [0.2, 0.25) is 0 Å². The molecule has 1 aliphatic rings. The second-order valence-corrected chi connectivity index (χ2v) is 2.59. The second kappa shape index (κ2) is 2.38. The number of hydrogen-bond donors (Lipinski definition) is 1. The van der Waals surface area contributed by atoms with Gasteiger partial charge in [0.05, 0.1) is 6.20 Å². The van der Waals surface area contributed by atoms with Gasteiger partial charge in [0, 0.05) is 19.0 Å². The molecule has 58 valence electrons. The summed E-state index contributed by atoms with van der Waals surface area (Å²) in [6, 6.07) is 1.81. The first kappa shape index (κ1) is 6.39. The van der Waals surface area contributed by atoms with Crippen LogP contribution in [0.25, 0.3) is 0 Å². The standard InChI is InChI=1S/C7H9N3O/c11-7-2-1-5-10-6(9-7)3-4-8-10/h3-4H,1-2,5H2,(H,9,11). The third-order valence-electron chi connectivity index (χ3n) is 1.76. The Balaban J connectivity index is 2.32. The van der Waals surface area contributed by atoms with E-state index >= 15 is 0 Å². The maximum Gasteiger partial charge on any atom is 0.225 e. The maximum absolute atomic E-state index is 11.0. The molecule has 0 atom stereocenters. The lowest BCUT2D eigenvalue weighted by molar-refractivity contribution is -0.116. The first-order valence-electron chi connectivity index (χ1n) is 3.68. The molecule has 0 radical (unpaired) electrons. The summed E-state index contributed by atoms with van der Waals surface area (Å²) in [5.41, 5.74) is 0. The van der Waals surface area contributed by atoms with Crippen LogP contribution < -0.4 is 5.32 Å². The van der Waals surface area contributed by atoms with E-state index in [1.165, 1.54) is 0 Å². The number of hydrogen-bond acceptors (Lipinski definition) is 2. The Morgan fingerprint density at radius 3 is 3.45 bits per heavy atom. The average molecular weight is 151 g/mol. The molecule has 1 aromatic heterocycles. The van der Waals surface area contributed by atoms with Crippen LogP contribution in [-0.4, -0.2) is 15.7 Å². The number of nitrogens with zero attached hydrogens (tertiary/aromatic N) is 2. The first-order valence-corrected chi connectivity index (χ1v) is 3.68. The summed E-state index contributed by atoms with van der Waals surface area (Å²) in [5, 5.41) is 6.82. The van der Waals surface area contributed by atoms with E-state index in [1.807, 2.05) is 10.7 Å². The zero-order valence-electron chi connectivity index (χ0n) is 6.08. The Morgan fingerprint density at radius 1 is 1.64 bits per heavy atom. The van der Waals surface area contributed by atoms with Crippen LogP contribution >= 0.6 is 0 Å². The van der Waals surface area contributed by atoms with Gasteiger partial charge in [-0.05, 0) is 6.42 Å². The second-order valence-electron chi connectivity index (χ2n) is 2.59. The number of rotatable bonds is 0. The first-order chi connectivity index (χ1) is 5.36. The molecular weight excluding hydrogens is 142 g/mol. The highest BCUT2D eigenvalue weighted by Crippen LogP contribution is 2.12. The lowest BCUT2D eigenvalue weighted by atomic mass is 10.3. The van der Waals surface area contributed by atoms with Crippen LogP contribution in [0, 0.1) is 0 Å². The van der Waals surface area contributed by atoms with Crippen molar-refractivity contribution in [1.82, 2.24) is 9.78 Å². The van der Waals surface area contributed by atoms with Crippen molar-refractivity contribution in [2.45, 2.75) is 19.4 Å². The Bertz CT molecular complexity index is 279. The largest absolute Gasteiger partial charge is 0.311 e. The van der Waals surface area contributed by atoms with Gasteiger partial charge in [-0.15, -0.1) is 0 Å². The van der Waals surface area contributed by atoms with Crippen LogP contribution in [0.1, 0.15) is 12.8 Å². The summed E-state index contributed by atoms with van der Waals surface area (Å²) in [5.74, 6) is 0.900. The van der Waals surface area contributed by atoms with Gasteiger partial charge in [0.2, 0.25) is 5.91 Å². The summed E-state index contributed by atoms with van der Waals surface area (Å²) < 4.78 is 1.81. The monoisotopic (exact) mass is 151 g/mol. The van der Waals surface area contributed by atoms with Crippen molar-refractivity contribution in [2.75, 3.05) is 5.32 Å². The molecule has 11 heavy (non-hydrogen) atoms. The highest BCUT2D eigenvalue weighted by atomic mass is 16.1. The quantitative estimate of drug-likeness (QED) is 0.590. The molecule has 1 N–H and O–H groups in total. The third kappa shape index (κ3) is 1.11. The van der Waals surface area contributed by atoms with E-state index in [-0.39, 0.29) is 5.91 Å². The number of amides is 1. The highest BCUT2D eigenvalue weighted by Gasteiger charge is 2.11. The molecule has 0 fully saturated rings. The molecule has 0 aliphatic carbocycles. The molecule has 0 aromatic carbocycles. The van der Waals surface area contributed by atoms with Crippen LogP contribution in [0.5, 0.6) is 0 Å². The molecule has 0 saturated heterocycles. The summed E-state index contributed by atoms with van der Waals surface area (Å²) in [4.78, 5) is 11.0. The molecule has 2 rings (SSSR count). The molecule has 0 unspecified atom stereocenters. The lowest BCUT2D eigenvalue weighted by Gasteiger charge is -1.99. The number of nitrogens with one attached hydrogen (secondary N) is 1. The highest BCUT2D eigenvalue weighted by molar-refractivity contribution is 5.90. The molecule has 4 heteroatoms. The predicted molar refractivity (Wildman–Crippen MR) is 40.1 cm³/mol. The van der Waals surface area contributed by atoms with E-state index in [2.05, 4.69) is 10.4 Å². The van der Waals surface area contributed by atoms with Crippen LogP contribution in [0.15, 0.2) is 12.3 Å². The summed E-state index contributed by atoms with van der Waals surface area (Å²) >= 11 is 0. The van der Waals surface area contributed by atoms with Crippen molar-refractivity contribution in [3.05, 3.63) is 12.3 Å². The van der Waals surface area contributed by atoms with Gasteiger partial charge in [-0.1, -0.05) is 0 Å². The number of carbonyl (C=O) groups excluding carboxylic acids is 1. The minimum absolute atomic E-state index is 0.0873. The Morgan fingerprint density at radius 2 is 2.55 bits per heavy atom. The zero-order chi connectivity index (χ0) is 7.68. The molecule has 4 nitrogen and oxygen atoms in total. The van der Waals surface area contributed by atoms with Gasteiger partial charge in [0.25, 0.3) is 0 Å². The normalized spacial score (nSPS) is 16.9. The Hall–Kier alpha value is -1.32. The van der Waals surface area contributed by atoms with Crippen LogP contribution in [-0.2, 0) is 11.3 Å². The van der Waals surface area contributed by atoms with Gasteiger partial charge in [0.15, 0.2) is 0 Å². The predicted octanol–water partition coefficient (Wildman–Crippen LogP) is 0.615. The molecule has 0 saturated carbocycles. The third-order valence-corrected chi connectivity index (χ3v) is 1.76. The topological polar surface area (TPSA) is 46.9 Å². The molecule has 1 amide bonds. The van der Waals surface area contributed by atoms with Crippen molar-refractivity contribution < 1.29 is 4.79 Å². The lowest BCUT2D eigenvalue weighted by Crippen LogP contribution is -2.09. The van der Waals surface area contributed by atoms with E-state index in [1.54, 1.807) is 6.20 Å². The Kier molecular flexibility index (Phi) is 1.38. The number of carbonyl (C=O) groups is 1. The summed E-state index contributed by atoms with van der Waals surface area (Å²) in [7, 11) is 0. The maximum atomic E-state index is 11.0. The van der Waals surface area contributed by atoms with E-state index in [0.717, 1.165) is 18.8 Å².